The third kappa shape index (κ3) is 3.33. The molecule has 28 heavy (non-hydrogen) atoms. The second kappa shape index (κ2) is 7.63. The Morgan fingerprint density at radius 2 is 2.21 bits per heavy atom. The maximum Gasteiger partial charge on any atom is 0.410 e. The Labute approximate surface area is 175 Å². The Bertz CT molecular complexity index is 946. The van der Waals surface area contributed by atoms with Crippen LogP contribution in [0.4, 0.5) is 9.80 Å². The average molecular weight is 466 g/mol. The molecule has 0 aliphatic carbocycles. The van der Waals surface area contributed by atoms with Crippen LogP contribution in [-0.2, 0) is 17.7 Å². The van der Waals surface area contributed by atoms with Crippen LogP contribution in [-0.4, -0.2) is 37.2 Å². The van der Waals surface area contributed by atoms with Crippen LogP contribution in [0.1, 0.15) is 39.5 Å². The molecular weight excluding hydrogens is 446 g/mol. The van der Waals surface area contributed by atoms with Crippen molar-refractivity contribution in [1.82, 2.24) is 10.2 Å². The monoisotopic (exact) mass is 465 g/mol. The second-order valence-corrected chi connectivity index (χ2v) is 8.54. The molecule has 1 aromatic carbocycles. The summed E-state index contributed by atoms with van der Waals surface area (Å²) >= 11 is 5.00. The van der Waals surface area contributed by atoms with E-state index in [0.29, 0.717) is 37.4 Å². The van der Waals surface area contributed by atoms with Gasteiger partial charge in [0.05, 0.1) is 25.8 Å². The number of methoxy groups -OCH3 is 1. The molecule has 2 amide bonds. The fourth-order valence-corrected chi connectivity index (χ4v) is 5.24. The molecule has 0 spiro atoms. The van der Waals surface area contributed by atoms with Crippen LogP contribution in [0.5, 0.6) is 5.75 Å². The summed E-state index contributed by atoms with van der Waals surface area (Å²) in [5, 5.41) is 7.28. The Morgan fingerprint density at radius 1 is 1.39 bits per heavy atom. The Hall–Kier alpha value is -2.26. The highest BCUT2D eigenvalue weighted by Crippen LogP contribution is 2.42. The van der Waals surface area contributed by atoms with Crippen LogP contribution in [0.25, 0.3) is 0 Å². The first-order chi connectivity index (χ1) is 13.5. The van der Waals surface area contributed by atoms with E-state index in [1.165, 1.54) is 11.3 Å². The summed E-state index contributed by atoms with van der Waals surface area (Å²) in [4.78, 5) is 27.7. The van der Waals surface area contributed by atoms with Gasteiger partial charge in [-0.3, -0.25) is 4.79 Å². The maximum atomic E-state index is 12.9. The average Bonchev–Trinajstić information content (AvgIpc) is 3.06. The van der Waals surface area contributed by atoms with Gasteiger partial charge in [0.15, 0.2) is 0 Å². The van der Waals surface area contributed by atoms with Gasteiger partial charge in [-0.05, 0) is 37.1 Å². The first kappa shape index (κ1) is 19.1. The molecule has 2 aliphatic rings. The van der Waals surface area contributed by atoms with E-state index < -0.39 is 6.17 Å². The number of amides is 2. The molecule has 3 heterocycles. The lowest BCUT2D eigenvalue weighted by Gasteiger charge is -2.29. The molecule has 7 nitrogen and oxygen atoms in total. The lowest BCUT2D eigenvalue weighted by Crippen LogP contribution is -2.39. The van der Waals surface area contributed by atoms with E-state index in [0.717, 1.165) is 25.5 Å². The number of benzene rings is 1. The van der Waals surface area contributed by atoms with Gasteiger partial charge in [0.25, 0.3) is 5.91 Å². The van der Waals surface area contributed by atoms with Crippen molar-refractivity contribution in [2.45, 2.75) is 26.1 Å². The number of thiophene rings is 1. The molecule has 2 N–H and O–H groups in total. The summed E-state index contributed by atoms with van der Waals surface area (Å²) in [6.45, 7) is 3.15. The lowest BCUT2D eigenvalue weighted by molar-refractivity contribution is 0.0933. The number of carbonyl (C=O) groups is 2. The van der Waals surface area contributed by atoms with Crippen molar-refractivity contribution in [1.29, 1.82) is 0 Å². The van der Waals surface area contributed by atoms with E-state index in [9.17, 15) is 9.59 Å². The van der Waals surface area contributed by atoms with Crippen LogP contribution in [0.2, 0.25) is 0 Å². The fraction of sp³-hybridized carbons (Fsp3) is 0.368. The summed E-state index contributed by atoms with van der Waals surface area (Å²) < 4.78 is 11.5. The van der Waals surface area contributed by atoms with Crippen LogP contribution < -0.4 is 15.4 Å². The molecule has 2 aromatic rings. The molecule has 2 aliphatic heterocycles. The number of anilines is 1. The SMILES string of the molecule is CCOC(=O)N1CCc2c(sc3c2C(=O)N[C@H](c2cc(Br)ccc2OC)N3)C1. The van der Waals surface area contributed by atoms with E-state index in [1.54, 1.807) is 18.9 Å². The largest absolute Gasteiger partial charge is 0.496 e. The predicted octanol–water partition coefficient (Wildman–Crippen LogP) is 3.89. The number of ether oxygens (including phenoxy) is 2. The van der Waals surface area contributed by atoms with Gasteiger partial charge in [-0.2, -0.15) is 0 Å². The highest BCUT2D eigenvalue weighted by Gasteiger charge is 2.35. The molecule has 0 saturated heterocycles. The number of hydrogen-bond donors (Lipinski definition) is 2. The zero-order chi connectivity index (χ0) is 19.8. The van der Waals surface area contributed by atoms with Crippen LogP contribution in [0, 0.1) is 0 Å². The van der Waals surface area contributed by atoms with Gasteiger partial charge in [-0.15, -0.1) is 11.3 Å². The summed E-state index contributed by atoms with van der Waals surface area (Å²) in [7, 11) is 1.61. The summed E-state index contributed by atoms with van der Waals surface area (Å²) in [5.41, 5.74) is 2.55. The zero-order valence-corrected chi connectivity index (χ0v) is 17.9. The van der Waals surface area contributed by atoms with Gasteiger partial charge in [-0.25, -0.2) is 4.79 Å². The van der Waals surface area contributed by atoms with Crippen molar-refractivity contribution in [2.75, 3.05) is 25.6 Å². The third-order valence-corrected chi connectivity index (χ3v) is 6.50. The van der Waals surface area contributed by atoms with E-state index in [2.05, 4.69) is 26.6 Å². The van der Waals surface area contributed by atoms with Crippen molar-refractivity contribution in [3.8, 4) is 5.75 Å². The third-order valence-electron chi connectivity index (χ3n) is 4.86. The number of carbonyl (C=O) groups excluding carboxylic acids is 2. The minimum Gasteiger partial charge on any atom is -0.496 e. The van der Waals surface area contributed by atoms with Crippen molar-refractivity contribution < 1.29 is 19.1 Å². The molecule has 0 bridgehead atoms. The predicted molar refractivity (Wildman–Crippen MR) is 110 cm³/mol. The molecule has 4 rings (SSSR count). The fourth-order valence-electron chi connectivity index (χ4n) is 3.57. The number of halogens is 1. The first-order valence-electron chi connectivity index (χ1n) is 8.98. The Balaban J connectivity index is 1.63. The van der Waals surface area contributed by atoms with Gasteiger partial charge in [-0.1, -0.05) is 15.9 Å². The van der Waals surface area contributed by atoms with Gasteiger partial charge in [0, 0.05) is 21.5 Å². The highest BCUT2D eigenvalue weighted by atomic mass is 79.9. The Kier molecular flexibility index (Phi) is 5.20. The molecule has 0 saturated carbocycles. The smallest absolute Gasteiger partial charge is 0.410 e. The molecule has 1 aromatic heterocycles. The molecule has 1 atom stereocenters. The first-order valence-corrected chi connectivity index (χ1v) is 10.6. The topological polar surface area (TPSA) is 79.9 Å². The van der Waals surface area contributed by atoms with E-state index in [1.807, 2.05) is 18.2 Å². The van der Waals surface area contributed by atoms with Gasteiger partial charge < -0.3 is 25.0 Å². The molecule has 9 heteroatoms. The molecular formula is C19H20BrN3O4S. The highest BCUT2D eigenvalue weighted by molar-refractivity contribution is 9.10. The number of hydrogen-bond acceptors (Lipinski definition) is 6. The second-order valence-electron chi connectivity index (χ2n) is 6.52. The molecule has 0 radical (unpaired) electrons. The van der Waals surface area contributed by atoms with E-state index >= 15 is 0 Å². The van der Waals surface area contributed by atoms with Crippen molar-refractivity contribution in [3.63, 3.8) is 0 Å². The maximum absolute atomic E-state index is 12.9. The normalized spacial score (nSPS) is 17.9. The minimum absolute atomic E-state index is 0.108. The van der Waals surface area contributed by atoms with Gasteiger partial charge >= 0.3 is 6.09 Å². The zero-order valence-electron chi connectivity index (χ0n) is 15.5. The summed E-state index contributed by atoms with van der Waals surface area (Å²) in [5.74, 6) is 0.585. The molecule has 0 fully saturated rings. The van der Waals surface area contributed by atoms with Crippen molar-refractivity contribution in [2.24, 2.45) is 0 Å². The van der Waals surface area contributed by atoms with Gasteiger partial charge in [0.2, 0.25) is 0 Å². The minimum atomic E-state index is -0.395. The lowest BCUT2D eigenvalue weighted by atomic mass is 10.0. The number of rotatable bonds is 3. The molecule has 148 valence electrons. The number of nitrogens with zero attached hydrogens (tertiary/aromatic N) is 1. The van der Waals surface area contributed by atoms with E-state index in [-0.39, 0.29) is 12.0 Å². The van der Waals surface area contributed by atoms with Crippen LogP contribution >= 0.6 is 27.3 Å². The van der Waals surface area contributed by atoms with Crippen molar-refractivity contribution >= 4 is 44.3 Å². The Morgan fingerprint density at radius 3 is 2.96 bits per heavy atom. The standard InChI is InChI=1S/C19H20BrN3O4S/c1-3-27-19(25)23-7-6-11-14(9-23)28-18-15(11)17(24)21-16(22-18)12-8-10(20)4-5-13(12)26-2/h4-5,8,16,22H,3,6-7,9H2,1-2H3,(H,21,24)/t16-/m0/s1. The number of fused-ring (bicyclic) bond motifs is 3. The van der Waals surface area contributed by atoms with Crippen LogP contribution in [0.15, 0.2) is 22.7 Å². The van der Waals surface area contributed by atoms with Crippen molar-refractivity contribution in [3.05, 3.63) is 44.2 Å². The molecule has 0 unspecified atom stereocenters. The van der Waals surface area contributed by atoms with Crippen LogP contribution in [0.3, 0.4) is 0 Å². The van der Waals surface area contributed by atoms with E-state index in [4.69, 9.17) is 9.47 Å². The quantitative estimate of drug-likeness (QED) is 0.718. The summed E-state index contributed by atoms with van der Waals surface area (Å²) in [6, 6.07) is 5.68. The summed E-state index contributed by atoms with van der Waals surface area (Å²) in [6.07, 6.45) is -0.0673. The number of nitrogens with one attached hydrogen (secondary N) is 2. The van der Waals surface area contributed by atoms with Gasteiger partial charge in [0.1, 0.15) is 16.9 Å².